The van der Waals surface area contributed by atoms with Gasteiger partial charge in [-0.3, -0.25) is 4.79 Å². The van der Waals surface area contributed by atoms with Crippen LogP contribution in [0.15, 0.2) is 29.4 Å². The van der Waals surface area contributed by atoms with Gasteiger partial charge in [-0.15, -0.1) is 0 Å². The predicted octanol–water partition coefficient (Wildman–Crippen LogP) is 2.45. The third-order valence-electron chi connectivity index (χ3n) is 4.26. The van der Waals surface area contributed by atoms with E-state index >= 15 is 0 Å². The second-order valence-corrected chi connectivity index (χ2v) is 6.57. The maximum absolute atomic E-state index is 11.9. The first-order valence-corrected chi connectivity index (χ1v) is 8.46. The van der Waals surface area contributed by atoms with Crippen molar-refractivity contribution in [1.82, 2.24) is 5.43 Å². The van der Waals surface area contributed by atoms with E-state index in [0.717, 1.165) is 18.4 Å². The van der Waals surface area contributed by atoms with Crippen LogP contribution in [0.3, 0.4) is 0 Å². The van der Waals surface area contributed by atoms with Crippen molar-refractivity contribution in [3.05, 3.63) is 34.9 Å². The standard InChI is InChI=1S/C17H24ClN3O2/c18-14-8-6-13(7-9-14)11-20-21-17(23)16(22)15(19)10-12-4-2-1-3-5-12/h6-9,11-12,15-16,22H,1-5,10,19H2,(H,21,23)/b20-11-/t15-,16?/m1/s1. The van der Waals surface area contributed by atoms with Gasteiger partial charge in [0.1, 0.15) is 6.10 Å². The minimum Gasteiger partial charge on any atom is -0.382 e. The van der Waals surface area contributed by atoms with Crippen LogP contribution >= 0.6 is 11.6 Å². The lowest BCUT2D eigenvalue weighted by Crippen LogP contribution is -2.46. The summed E-state index contributed by atoms with van der Waals surface area (Å²) >= 11 is 5.79. The second kappa shape index (κ2) is 9.01. The average molecular weight is 338 g/mol. The summed E-state index contributed by atoms with van der Waals surface area (Å²) < 4.78 is 0. The SMILES string of the molecule is N[C@H](CC1CCCCC1)C(O)C(=O)N/N=C\c1ccc(Cl)cc1. The van der Waals surface area contributed by atoms with E-state index in [-0.39, 0.29) is 0 Å². The molecule has 0 radical (unpaired) electrons. The van der Waals surface area contributed by atoms with Gasteiger partial charge in [0, 0.05) is 11.1 Å². The van der Waals surface area contributed by atoms with Crippen molar-refractivity contribution in [3.63, 3.8) is 0 Å². The minimum absolute atomic E-state index is 0.513. The largest absolute Gasteiger partial charge is 0.382 e. The maximum atomic E-state index is 11.9. The van der Waals surface area contributed by atoms with Gasteiger partial charge in [0.15, 0.2) is 0 Å². The molecule has 1 amide bonds. The number of carbonyl (C=O) groups is 1. The number of benzene rings is 1. The Hall–Kier alpha value is -1.43. The van der Waals surface area contributed by atoms with Crippen LogP contribution in [-0.4, -0.2) is 29.4 Å². The topological polar surface area (TPSA) is 87.7 Å². The fraction of sp³-hybridized carbons (Fsp3) is 0.529. The number of rotatable bonds is 6. The van der Waals surface area contributed by atoms with E-state index in [9.17, 15) is 9.90 Å². The van der Waals surface area contributed by atoms with E-state index in [1.165, 1.54) is 25.5 Å². The Balaban J connectivity index is 1.78. The van der Waals surface area contributed by atoms with Crippen molar-refractivity contribution in [1.29, 1.82) is 0 Å². The minimum atomic E-state index is -1.24. The van der Waals surface area contributed by atoms with Crippen molar-refractivity contribution in [2.45, 2.75) is 50.7 Å². The fourth-order valence-corrected chi connectivity index (χ4v) is 3.04. The summed E-state index contributed by atoms with van der Waals surface area (Å²) in [6.45, 7) is 0. The molecular formula is C17H24ClN3O2. The maximum Gasteiger partial charge on any atom is 0.270 e. The molecule has 1 aliphatic rings. The molecule has 0 aliphatic heterocycles. The van der Waals surface area contributed by atoms with Crippen LogP contribution in [0.2, 0.25) is 5.02 Å². The summed E-state index contributed by atoms with van der Waals surface area (Å²) in [5.74, 6) is -0.0581. The van der Waals surface area contributed by atoms with Crippen LogP contribution < -0.4 is 11.2 Å². The molecule has 0 heterocycles. The lowest BCUT2D eigenvalue weighted by molar-refractivity contribution is -0.130. The van der Waals surface area contributed by atoms with Gasteiger partial charge in [0.25, 0.3) is 5.91 Å². The molecule has 1 aromatic carbocycles. The van der Waals surface area contributed by atoms with Crippen LogP contribution in [0.1, 0.15) is 44.1 Å². The normalized spacial score (nSPS) is 18.7. The fourth-order valence-electron chi connectivity index (χ4n) is 2.92. The van der Waals surface area contributed by atoms with Gasteiger partial charge in [-0.2, -0.15) is 5.10 Å². The Kier molecular flexibility index (Phi) is 7.02. The van der Waals surface area contributed by atoms with Gasteiger partial charge in [0.05, 0.1) is 6.21 Å². The van der Waals surface area contributed by atoms with Crippen molar-refractivity contribution in [2.24, 2.45) is 16.8 Å². The molecule has 1 unspecified atom stereocenters. The van der Waals surface area contributed by atoms with Gasteiger partial charge in [-0.05, 0) is 30.0 Å². The molecule has 23 heavy (non-hydrogen) atoms. The first-order chi connectivity index (χ1) is 11.1. The van der Waals surface area contributed by atoms with Gasteiger partial charge >= 0.3 is 0 Å². The zero-order chi connectivity index (χ0) is 16.7. The number of nitrogens with one attached hydrogen (secondary N) is 1. The average Bonchev–Trinajstić information content (AvgIpc) is 2.56. The molecule has 0 bridgehead atoms. The zero-order valence-electron chi connectivity index (χ0n) is 13.1. The Morgan fingerprint density at radius 2 is 2.00 bits per heavy atom. The zero-order valence-corrected chi connectivity index (χ0v) is 13.9. The molecule has 4 N–H and O–H groups in total. The summed E-state index contributed by atoms with van der Waals surface area (Å²) in [7, 11) is 0. The summed E-state index contributed by atoms with van der Waals surface area (Å²) in [5.41, 5.74) is 9.10. The number of nitrogens with zero attached hydrogens (tertiary/aromatic N) is 1. The Morgan fingerprint density at radius 3 is 2.65 bits per heavy atom. The van der Waals surface area contributed by atoms with E-state index in [2.05, 4.69) is 10.5 Å². The summed E-state index contributed by atoms with van der Waals surface area (Å²) in [6, 6.07) is 6.48. The molecule has 0 saturated heterocycles. The van der Waals surface area contributed by atoms with Crippen LogP contribution in [0.5, 0.6) is 0 Å². The third-order valence-corrected chi connectivity index (χ3v) is 4.51. The first-order valence-electron chi connectivity index (χ1n) is 8.08. The number of hydrazone groups is 1. The van der Waals surface area contributed by atoms with Gasteiger partial charge in [0.2, 0.25) is 0 Å². The van der Waals surface area contributed by atoms with Crippen molar-refractivity contribution >= 4 is 23.7 Å². The van der Waals surface area contributed by atoms with Crippen molar-refractivity contribution in [3.8, 4) is 0 Å². The van der Waals surface area contributed by atoms with E-state index in [1.54, 1.807) is 24.3 Å². The van der Waals surface area contributed by atoms with Gasteiger partial charge < -0.3 is 10.8 Å². The highest BCUT2D eigenvalue weighted by Gasteiger charge is 2.26. The lowest BCUT2D eigenvalue weighted by atomic mass is 9.84. The molecule has 0 spiro atoms. The van der Waals surface area contributed by atoms with Crippen LogP contribution in [0, 0.1) is 5.92 Å². The number of aliphatic hydroxyl groups is 1. The van der Waals surface area contributed by atoms with Crippen molar-refractivity contribution < 1.29 is 9.90 Å². The van der Waals surface area contributed by atoms with E-state index < -0.39 is 18.1 Å². The molecule has 0 aromatic heterocycles. The molecule has 5 nitrogen and oxygen atoms in total. The summed E-state index contributed by atoms with van der Waals surface area (Å²) in [6.07, 6.45) is 6.90. The van der Waals surface area contributed by atoms with Gasteiger partial charge in [-0.25, -0.2) is 5.43 Å². The number of hydrogen-bond donors (Lipinski definition) is 3. The summed E-state index contributed by atoms with van der Waals surface area (Å²) in [5, 5.41) is 14.5. The Morgan fingerprint density at radius 1 is 1.35 bits per heavy atom. The molecule has 1 fully saturated rings. The molecule has 1 aromatic rings. The molecule has 1 aliphatic carbocycles. The summed E-state index contributed by atoms with van der Waals surface area (Å²) in [4.78, 5) is 11.9. The third kappa shape index (κ3) is 5.94. The number of amides is 1. The van der Waals surface area contributed by atoms with Crippen LogP contribution in [0.25, 0.3) is 0 Å². The number of hydrogen-bond acceptors (Lipinski definition) is 4. The molecule has 1 saturated carbocycles. The van der Waals surface area contributed by atoms with Gasteiger partial charge in [-0.1, -0.05) is 55.8 Å². The highest BCUT2D eigenvalue weighted by molar-refractivity contribution is 6.30. The van der Waals surface area contributed by atoms with E-state index in [0.29, 0.717) is 17.4 Å². The van der Waals surface area contributed by atoms with Crippen molar-refractivity contribution in [2.75, 3.05) is 0 Å². The Labute approximate surface area is 141 Å². The van der Waals surface area contributed by atoms with Crippen LogP contribution in [-0.2, 0) is 4.79 Å². The molecule has 2 rings (SSSR count). The van der Waals surface area contributed by atoms with Crippen LogP contribution in [0.4, 0.5) is 0 Å². The smallest absolute Gasteiger partial charge is 0.270 e. The highest BCUT2D eigenvalue weighted by Crippen LogP contribution is 2.27. The Bertz CT molecular complexity index is 527. The quantitative estimate of drug-likeness (QED) is 0.550. The molecular weight excluding hydrogens is 314 g/mol. The lowest BCUT2D eigenvalue weighted by Gasteiger charge is -2.26. The first kappa shape index (κ1) is 17.9. The molecule has 2 atom stereocenters. The molecule has 6 heteroatoms. The predicted molar refractivity (Wildman–Crippen MR) is 92.4 cm³/mol. The number of nitrogens with two attached hydrogens (primary N) is 1. The monoisotopic (exact) mass is 337 g/mol. The van der Waals surface area contributed by atoms with E-state index in [1.807, 2.05) is 0 Å². The highest BCUT2D eigenvalue weighted by atomic mass is 35.5. The number of carbonyl (C=O) groups excluding carboxylic acids is 1. The number of aliphatic hydroxyl groups excluding tert-OH is 1. The number of halogens is 1. The van der Waals surface area contributed by atoms with E-state index in [4.69, 9.17) is 17.3 Å². The molecule has 126 valence electrons. The second-order valence-electron chi connectivity index (χ2n) is 6.13.